The number of aromatic amines is 1. The summed E-state index contributed by atoms with van der Waals surface area (Å²) in [7, 11) is -4.33. The molecular weight excluding hydrogens is 569 g/mol. The van der Waals surface area contributed by atoms with Crippen LogP contribution in [0, 0.1) is 0 Å². The standard InChI is InChI=1S/C25H31ClN3O10P/c1-24(34)20(31)18(38-21(24)29-13-10-19(30)27-23(29)33)14-36-40(35,39-17-8-6-15(26)7-9-17)28-25(11-12-25)22(32)37-16-4-2-3-5-16/h6-10,13,16,18,20-21,31,34H,2-5,11-12,14H2,1H3,(H,28,35)(H,27,30,33)/t18?,20-,21?,24-,40?/m1/s1. The van der Waals surface area contributed by atoms with E-state index in [9.17, 15) is 29.2 Å². The summed E-state index contributed by atoms with van der Waals surface area (Å²) in [5, 5.41) is 24.9. The summed E-state index contributed by atoms with van der Waals surface area (Å²) in [4.78, 5) is 38.8. The minimum absolute atomic E-state index is 0.137. The molecule has 1 saturated heterocycles. The van der Waals surface area contributed by atoms with Crippen molar-refractivity contribution in [3.05, 3.63) is 62.4 Å². The molecular formula is C25H31ClN3O10P. The van der Waals surface area contributed by atoms with Crippen molar-refractivity contribution in [1.29, 1.82) is 0 Å². The second-order valence-corrected chi connectivity index (χ2v) is 12.7. The van der Waals surface area contributed by atoms with Crippen LogP contribution in [0.15, 0.2) is 46.1 Å². The van der Waals surface area contributed by atoms with Gasteiger partial charge < -0.3 is 24.2 Å². The number of esters is 1. The lowest BCUT2D eigenvalue weighted by molar-refractivity contribution is -0.152. The molecule has 5 atom stereocenters. The van der Waals surface area contributed by atoms with E-state index in [-0.39, 0.29) is 11.9 Å². The SMILES string of the molecule is C[C@]1(O)C(n2ccc(=O)[nH]c2=O)OC(COP(=O)(NC2(C(=O)OC3CCCC3)CC2)Oc2ccc(Cl)cc2)[C@H]1O. The Balaban J connectivity index is 1.34. The number of benzene rings is 1. The van der Waals surface area contributed by atoms with E-state index in [2.05, 4.69) is 10.1 Å². The first kappa shape index (κ1) is 29.0. The second kappa shape index (κ2) is 11.1. The van der Waals surface area contributed by atoms with Gasteiger partial charge in [-0.05, 0) is 69.7 Å². The zero-order valence-electron chi connectivity index (χ0n) is 21.7. The summed E-state index contributed by atoms with van der Waals surface area (Å²) in [5.41, 5.74) is -4.77. The minimum Gasteiger partial charge on any atom is -0.461 e. The number of aromatic nitrogens is 2. The van der Waals surface area contributed by atoms with Crippen LogP contribution in [0.2, 0.25) is 5.02 Å². The number of carbonyl (C=O) groups is 1. The Kier molecular flexibility index (Phi) is 8.01. The molecule has 218 valence electrons. The van der Waals surface area contributed by atoms with Crippen molar-refractivity contribution in [2.45, 2.75) is 81.1 Å². The zero-order valence-corrected chi connectivity index (χ0v) is 23.3. The van der Waals surface area contributed by atoms with E-state index in [0.29, 0.717) is 17.9 Å². The van der Waals surface area contributed by atoms with Gasteiger partial charge in [0.1, 0.15) is 35.2 Å². The highest BCUT2D eigenvalue weighted by Crippen LogP contribution is 2.53. The van der Waals surface area contributed by atoms with Gasteiger partial charge in [-0.3, -0.25) is 23.7 Å². The molecule has 0 radical (unpaired) electrons. The lowest BCUT2D eigenvalue weighted by atomic mass is 9.96. The molecule has 0 amide bonds. The number of carbonyl (C=O) groups excluding carboxylic acids is 1. The molecule has 3 fully saturated rings. The van der Waals surface area contributed by atoms with E-state index < -0.39 is 61.1 Å². The predicted molar refractivity (Wildman–Crippen MR) is 141 cm³/mol. The summed E-state index contributed by atoms with van der Waals surface area (Å²) in [6.45, 7) is 0.692. The third kappa shape index (κ3) is 6.06. The number of aliphatic hydroxyl groups excluding tert-OH is 1. The van der Waals surface area contributed by atoms with E-state index in [1.54, 1.807) is 0 Å². The molecule has 2 aromatic rings. The average molecular weight is 600 g/mol. The maximum absolute atomic E-state index is 14.0. The first-order chi connectivity index (χ1) is 18.9. The molecule has 4 N–H and O–H groups in total. The van der Waals surface area contributed by atoms with E-state index >= 15 is 0 Å². The smallest absolute Gasteiger partial charge is 0.459 e. The first-order valence-corrected chi connectivity index (χ1v) is 14.9. The van der Waals surface area contributed by atoms with Crippen LogP contribution in [-0.4, -0.2) is 61.8 Å². The van der Waals surface area contributed by atoms with Crippen molar-refractivity contribution in [3.8, 4) is 5.75 Å². The normalized spacial score (nSPS) is 29.1. The van der Waals surface area contributed by atoms with Crippen molar-refractivity contribution in [3.63, 3.8) is 0 Å². The van der Waals surface area contributed by atoms with Crippen LogP contribution in [0.1, 0.15) is 51.7 Å². The Morgan fingerprint density at radius 3 is 2.52 bits per heavy atom. The number of rotatable bonds is 10. The molecule has 1 aromatic carbocycles. The van der Waals surface area contributed by atoms with Gasteiger partial charge >= 0.3 is 19.4 Å². The van der Waals surface area contributed by atoms with E-state index in [0.717, 1.165) is 42.5 Å². The molecule has 0 spiro atoms. The van der Waals surface area contributed by atoms with E-state index in [1.807, 2.05) is 0 Å². The van der Waals surface area contributed by atoms with Gasteiger partial charge in [-0.2, -0.15) is 5.09 Å². The fourth-order valence-corrected chi connectivity index (χ4v) is 6.77. The number of aliphatic hydroxyl groups is 2. The average Bonchev–Trinajstić information content (AvgIpc) is 3.41. The van der Waals surface area contributed by atoms with Crippen LogP contribution >= 0.6 is 19.3 Å². The van der Waals surface area contributed by atoms with Crippen LogP contribution in [0.5, 0.6) is 5.75 Å². The third-order valence-electron chi connectivity index (χ3n) is 7.37. The summed E-state index contributed by atoms with van der Waals surface area (Å²) in [5.74, 6) is -0.404. The summed E-state index contributed by atoms with van der Waals surface area (Å²) >= 11 is 5.95. The van der Waals surface area contributed by atoms with Gasteiger partial charge in [0.05, 0.1) is 6.61 Å². The number of nitrogens with one attached hydrogen (secondary N) is 2. The molecule has 3 aliphatic rings. The van der Waals surface area contributed by atoms with E-state index in [4.69, 9.17) is 30.1 Å². The Bertz CT molecular complexity index is 1400. The van der Waals surface area contributed by atoms with Crippen molar-refractivity contribution in [2.75, 3.05) is 6.61 Å². The zero-order chi connectivity index (χ0) is 28.7. The Morgan fingerprint density at radius 2 is 1.90 bits per heavy atom. The van der Waals surface area contributed by atoms with Crippen LogP contribution in [0.4, 0.5) is 0 Å². The Labute approximate surface area is 233 Å². The number of hydrogen-bond acceptors (Lipinski definition) is 10. The van der Waals surface area contributed by atoms with Crippen molar-refractivity contribution >= 4 is 25.3 Å². The summed E-state index contributed by atoms with van der Waals surface area (Å²) in [6, 6.07) is 7.06. The molecule has 1 aliphatic heterocycles. The molecule has 2 heterocycles. The van der Waals surface area contributed by atoms with Gasteiger partial charge in [-0.25, -0.2) is 9.36 Å². The predicted octanol–water partition coefficient (Wildman–Crippen LogP) is 2.01. The Hall–Kier alpha value is -2.51. The van der Waals surface area contributed by atoms with Crippen LogP contribution in [0.25, 0.3) is 0 Å². The molecule has 2 saturated carbocycles. The number of H-pyrrole nitrogens is 1. The largest absolute Gasteiger partial charge is 0.461 e. The molecule has 40 heavy (non-hydrogen) atoms. The third-order valence-corrected chi connectivity index (χ3v) is 9.27. The molecule has 0 bridgehead atoms. The minimum atomic E-state index is -4.33. The van der Waals surface area contributed by atoms with Gasteiger partial charge in [-0.15, -0.1) is 0 Å². The van der Waals surface area contributed by atoms with Gasteiger partial charge in [0.15, 0.2) is 6.23 Å². The van der Waals surface area contributed by atoms with Crippen molar-refractivity contribution in [1.82, 2.24) is 14.6 Å². The van der Waals surface area contributed by atoms with Crippen LogP contribution < -0.4 is 20.9 Å². The molecule has 13 nitrogen and oxygen atoms in total. The lowest BCUT2D eigenvalue weighted by Gasteiger charge is -2.27. The topological polar surface area (TPSA) is 178 Å². The van der Waals surface area contributed by atoms with Gasteiger partial charge in [0, 0.05) is 17.3 Å². The highest BCUT2D eigenvalue weighted by molar-refractivity contribution is 7.52. The molecule has 15 heteroatoms. The first-order valence-electron chi connectivity index (χ1n) is 13.0. The maximum atomic E-state index is 14.0. The van der Waals surface area contributed by atoms with E-state index in [1.165, 1.54) is 31.2 Å². The quantitative estimate of drug-likeness (QED) is 0.232. The summed E-state index contributed by atoms with van der Waals surface area (Å²) < 4.78 is 37.7. The molecule has 1 aromatic heterocycles. The second-order valence-electron chi connectivity index (χ2n) is 10.6. The van der Waals surface area contributed by atoms with Crippen LogP contribution in [-0.2, 0) is 23.4 Å². The lowest BCUT2D eigenvalue weighted by Crippen LogP contribution is -2.47. The highest BCUT2D eigenvalue weighted by atomic mass is 35.5. The fourth-order valence-electron chi connectivity index (χ4n) is 4.90. The number of ether oxygens (including phenoxy) is 2. The van der Waals surface area contributed by atoms with Crippen molar-refractivity contribution in [2.24, 2.45) is 0 Å². The number of halogens is 1. The molecule has 3 unspecified atom stereocenters. The van der Waals surface area contributed by atoms with Gasteiger partial charge in [0.2, 0.25) is 0 Å². The maximum Gasteiger partial charge on any atom is 0.459 e. The Morgan fingerprint density at radius 1 is 1.23 bits per heavy atom. The molecule has 2 aliphatic carbocycles. The summed E-state index contributed by atoms with van der Waals surface area (Å²) in [6.07, 6.45) is 0.849. The number of hydrogen-bond donors (Lipinski definition) is 4. The number of nitrogens with zero attached hydrogens (tertiary/aromatic N) is 1. The molecule has 5 rings (SSSR count). The highest BCUT2D eigenvalue weighted by Gasteiger charge is 2.58. The van der Waals surface area contributed by atoms with Gasteiger partial charge in [-0.1, -0.05) is 11.6 Å². The van der Waals surface area contributed by atoms with Gasteiger partial charge in [0.25, 0.3) is 5.56 Å². The van der Waals surface area contributed by atoms with Crippen molar-refractivity contribution < 1.29 is 38.1 Å². The van der Waals surface area contributed by atoms with Crippen LogP contribution in [0.3, 0.4) is 0 Å². The fraction of sp³-hybridized carbons (Fsp3) is 0.560. The monoisotopic (exact) mass is 599 g/mol.